The van der Waals surface area contributed by atoms with Gasteiger partial charge in [-0.1, -0.05) is 41.9 Å². The van der Waals surface area contributed by atoms with Crippen molar-refractivity contribution in [1.29, 1.82) is 0 Å². The standard InChI is InChI=1S/C21H24ClN3O2/c1-21(19(26)23-14-16-6-3-2-4-7-16)12-5-13-25(15-21)20(27)24-18-10-8-17(22)9-11-18/h2-4,6-11H,5,12-15H2,1H3,(H,23,26)(H,24,27)/t21-/m0/s1. The summed E-state index contributed by atoms with van der Waals surface area (Å²) in [5.41, 5.74) is 1.15. The molecule has 0 spiro atoms. The largest absolute Gasteiger partial charge is 0.351 e. The van der Waals surface area contributed by atoms with Crippen LogP contribution >= 0.6 is 11.6 Å². The Morgan fingerprint density at radius 1 is 1.11 bits per heavy atom. The number of carbonyl (C=O) groups is 2. The molecule has 2 aromatic carbocycles. The van der Waals surface area contributed by atoms with Gasteiger partial charge in [0, 0.05) is 30.3 Å². The molecular formula is C21H24ClN3O2. The van der Waals surface area contributed by atoms with Crippen LogP contribution in [0.1, 0.15) is 25.3 Å². The number of carbonyl (C=O) groups excluding carboxylic acids is 2. The van der Waals surface area contributed by atoms with Crippen LogP contribution in [0.5, 0.6) is 0 Å². The molecule has 1 aliphatic heterocycles. The first-order valence-corrected chi connectivity index (χ1v) is 9.48. The maximum absolute atomic E-state index is 12.8. The molecule has 6 heteroatoms. The number of amides is 3. The highest BCUT2D eigenvalue weighted by atomic mass is 35.5. The van der Waals surface area contributed by atoms with Crippen LogP contribution in [0.4, 0.5) is 10.5 Å². The minimum absolute atomic E-state index is 0.0182. The maximum Gasteiger partial charge on any atom is 0.321 e. The van der Waals surface area contributed by atoms with Gasteiger partial charge in [0.05, 0.1) is 5.41 Å². The van der Waals surface area contributed by atoms with Crippen molar-refractivity contribution in [2.24, 2.45) is 5.41 Å². The number of likely N-dealkylation sites (tertiary alicyclic amines) is 1. The number of rotatable bonds is 4. The van der Waals surface area contributed by atoms with E-state index >= 15 is 0 Å². The van der Waals surface area contributed by atoms with E-state index < -0.39 is 5.41 Å². The zero-order valence-corrected chi connectivity index (χ0v) is 16.1. The summed E-state index contributed by atoms with van der Waals surface area (Å²) in [5, 5.41) is 6.50. The molecule has 3 amide bonds. The summed E-state index contributed by atoms with van der Waals surface area (Å²) in [6, 6.07) is 16.6. The van der Waals surface area contributed by atoms with Gasteiger partial charge < -0.3 is 15.5 Å². The maximum atomic E-state index is 12.8. The normalized spacial score (nSPS) is 19.4. The van der Waals surface area contributed by atoms with Crippen LogP contribution in [0.2, 0.25) is 5.02 Å². The lowest BCUT2D eigenvalue weighted by Gasteiger charge is -2.39. The van der Waals surface area contributed by atoms with E-state index in [1.807, 2.05) is 37.3 Å². The zero-order valence-electron chi connectivity index (χ0n) is 15.4. The number of benzene rings is 2. The van der Waals surface area contributed by atoms with Gasteiger partial charge in [0.15, 0.2) is 0 Å². The second-order valence-corrected chi connectivity index (χ2v) is 7.63. The Kier molecular flexibility index (Phi) is 6.01. The smallest absolute Gasteiger partial charge is 0.321 e. The molecule has 0 unspecified atom stereocenters. The summed E-state index contributed by atoms with van der Waals surface area (Å²) < 4.78 is 0. The number of hydrogen-bond acceptors (Lipinski definition) is 2. The Hall–Kier alpha value is -2.53. The van der Waals surface area contributed by atoms with E-state index in [2.05, 4.69) is 10.6 Å². The second kappa shape index (κ2) is 8.44. The first kappa shape index (κ1) is 19.2. The molecule has 2 N–H and O–H groups in total. The number of anilines is 1. The average Bonchev–Trinajstić information content (AvgIpc) is 2.68. The molecule has 3 rings (SSSR count). The Balaban J connectivity index is 1.58. The van der Waals surface area contributed by atoms with Gasteiger partial charge in [-0.25, -0.2) is 4.79 Å². The van der Waals surface area contributed by atoms with E-state index in [1.165, 1.54) is 0 Å². The van der Waals surface area contributed by atoms with Gasteiger partial charge in [0.25, 0.3) is 0 Å². The van der Waals surface area contributed by atoms with Crippen molar-refractivity contribution < 1.29 is 9.59 Å². The van der Waals surface area contributed by atoms with Crippen molar-refractivity contribution in [2.45, 2.75) is 26.3 Å². The van der Waals surface area contributed by atoms with Crippen LogP contribution in [-0.4, -0.2) is 29.9 Å². The molecule has 0 aliphatic carbocycles. The molecule has 2 aromatic rings. The van der Waals surface area contributed by atoms with Crippen LogP contribution in [-0.2, 0) is 11.3 Å². The molecule has 1 saturated heterocycles. The predicted molar refractivity (Wildman–Crippen MR) is 108 cm³/mol. The molecule has 0 saturated carbocycles. The van der Waals surface area contributed by atoms with Crippen molar-refractivity contribution in [1.82, 2.24) is 10.2 Å². The number of hydrogen-bond donors (Lipinski definition) is 2. The fourth-order valence-corrected chi connectivity index (χ4v) is 3.45. The molecule has 5 nitrogen and oxygen atoms in total. The van der Waals surface area contributed by atoms with E-state index in [-0.39, 0.29) is 11.9 Å². The minimum atomic E-state index is -0.593. The van der Waals surface area contributed by atoms with Crippen LogP contribution in [0.3, 0.4) is 0 Å². The van der Waals surface area contributed by atoms with Crippen LogP contribution in [0.25, 0.3) is 0 Å². The second-order valence-electron chi connectivity index (χ2n) is 7.19. The van der Waals surface area contributed by atoms with Crippen molar-refractivity contribution in [3.8, 4) is 0 Å². The summed E-state index contributed by atoms with van der Waals surface area (Å²) in [6.07, 6.45) is 1.56. The summed E-state index contributed by atoms with van der Waals surface area (Å²) in [4.78, 5) is 27.1. The summed E-state index contributed by atoms with van der Waals surface area (Å²) in [6.45, 7) is 3.45. The van der Waals surface area contributed by atoms with Crippen molar-refractivity contribution in [3.63, 3.8) is 0 Å². The summed E-state index contributed by atoms with van der Waals surface area (Å²) in [7, 11) is 0. The highest BCUT2D eigenvalue weighted by Gasteiger charge is 2.39. The lowest BCUT2D eigenvalue weighted by atomic mass is 9.81. The third kappa shape index (κ3) is 5.01. The number of nitrogens with one attached hydrogen (secondary N) is 2. The number of urea groups is 1. The monoisotopic (exact) mass is 385 g/mol. The van der Waals surface area contributed by atoms with Gasteiger partial charge in [-0.3, -0.25) is 4.79 Å². The van der Waals surface area contributed by atoms with Gasteiger partial charge in [-0.05, 0) is 49.6 Å². The third-order valence-electron chi connectivity index (χ3n) is 4.92. The van der Waals surface area contributed by atoms with Crippen molar-refractivity contribution in [3.05, 3.63) is 65.2 Å². The van der Waals surface area contributed by atoms with Crippen molar-refractivity contribution in [2.75, 3.05) is 18.4 Å². The van der Waals surface area contributed by atoms with Gasteiger partial charge >= 0.3 is 6.03 Å². The highest BCUT2D eigenvalue weighted by molar-refractivity contribution is 6.30. The molecule has 142 valence electrons. The first-order chi connectivity index (χ1) is 13.0. The van der Waals surface area contributed by atoms with Crippen LogP contribution in [0.15, 0.2) is 54.6 Å². The molecule has 27 heavy (non-hydrogen) atoms. The number of halogens is 1. The number of piperidine rings is 1. The zero-order chi connectivity index (χ0) is 19.3. The van der Waals surface area contributed by atoms with E-state index in [9.17, 15) is 9.59 Å². The predicted octanol–water partition coefficient (Wildman–Crippen LogP) is 4.29. The molecule has 1 aliphatic rings. The van der Waals surface area contributed by atoms with Crippen LogP contribution < -0.4 is 10.6 Å². The Morgan fingerprint density at radius 2 is 1.81 bits per heavy atom. The van der Waals surface area contributed by atoms with Gasteiger partial charge in [-0.15, -0.1) is 0 Å². The minimum Gasteiger partial charge on any atom is -0.351 e. The van der Waals surface area contributed by atoms with E-state index in [1.54, 1.807) is 29.2 Å². The Bertz CT molecular complexity index is 795. The summed E-state index contributed by atoms with van der Waals surface area (Å²) >= 11 is 5.88. The first-order valence-electron chi connectivity index (χ1n) is 9.10. The molecule has 1 atom stereocenters. The molecule has 0 aromatic heterocycles. The lowest BCUT2D eigenvalue weighted by Crippen LogP contribution is -2.52. The fraction of sp³-hybridized carbons (Fsp3) is 0.333. The molecule has 0 radical (unpaired) electrons. The quantitative estimate of drug-likeness (QED) is 0.824. The topological polar surface area (TPSA) is 61.4 Å². The van der Waals surface area contributed by atoms with Gasteiger partial charge in [0.2, 0.25) is 5.91 Å². The molecule has 1 fully saturated rings. The Labute approximate surface area is 164 Å². The van der Waals surface area contributed by atoms with Crippen molar-refractivity contribution >= 4 is 29.2 Å². The van der Waals surface area contributed by atoms with Gasteiger partial charge in [0.1, 0.15) is 0 Å². The fourth-order valence-electron chi connectivity index (χ4n) is 3.33. The molecule has 1 heterocycles. The van der Waals surface area contributed by atoms with E-state index in [0.29, 0.717) is 30.3 Å². The lowest BCUT2D eigenvalue weighted by molar-refractivity contribution is -0.132. The third-order valence-corrected chi connectivity index (χ3v) is 5.18. The Morgan fingerprint density at radius 3 is 2.52 bits per heavy atom. The average molecular weight is 386 g/mol. The van der Waals surface area contributed by atoms with Crippen LogP contribution in [0, 0.1) is 5.41 Å². The summed E-state index contributed by atoms with van der Waals surface area (Å²) in [5.74, 6) is -0.0182. The highest BCUT2D eigenvalue weighted by Crippen LogP contribution is 2.30. The molecular weight excluding hydrogens is 362 g/mol. The number of nitrogens with zero attached hydrogens (tertiary/aromatic N) is 1. The van der Waals surface area contributed by atoms with E-state index in [0.717, 1.165) is 18.4 Å². The SMILES string of the molecule is C[C@]1(C(=O)NCc2ccccc2)CCCN(C(=O)Nc2ccc(Cl)cc2)C1. The van der Waals surface area contributed by atoms with Gasteiger partial charge in [-0.2, -0.15) is 0 Å². The van der Waals surface area contributed by atoms with E-state index in [4.69, 9.17) is 11.6 Å². The molecule has 0 bridgehead atoms.